The molecule has 0 radical (unpaired) electrons. The lowest BCUT2D eigenvalue weighted by atomic mass is 10.5. The second-order valence-electron chi connectivity index (χ2n) is 5.36. The van der Waals surface area contributed by atoms with E-state index in [1.165, 1.54) is 24.0 Å². The highest BCUT2D eigenvalue weighted by molar-refractivity contribution is 5.67. The van der Waals surface area contributed by atoms with E-state index < -0.39 is 12.2 Å². The Kier molecular flexibility index (Phi) is 12.5. The van der Waals surface area contributed by atoms with E-state index in [2.05, 4.69) is 0 Å². The number of carbonyl (C=O) groups is 2. The number of methoxy groups -OCH3 is 2. The minimum atomic E-state index is -0.415. The third-order valence-corrected chi connectivity index (χ3v) is 3.63. The van der Waals surface area contributed by atoms with Crippen LogP contribution in [0.25, 0.3) is 0 Å². The molecule has 0 spiro atoms. The lowest BCUT2D eigenvalue weighted by Gasteiger charge is -2.22. The highest BCUT2D eigenvalue weighted by atomic mass is 16.6. The van der Waals surface area contributed by atoms with E-state index in [1.807, 2.05) is 0 Å². The maximum Gasteiger partial charge on any atom is 0.409 e. The van der Waals surface area contributed by atoms with Crippen LogP contribution < -0.4 is 0 Å². The Morgan fingerprint density at radius 1 is 0.577 bits per heavy atom. The van der Waals surface area contributed by atoms with Crippen molar-refractivity contribution in [2.45, 2.75) is 0 Å². The first-order valence-electron chi connectivity index (χ1n) is 8.65. The number of carbonyl (C=O) groups excluding carboxylic acids is 2. The van der Waals surface area contributed by atoms with Crippen LogP contribution >= 0.6 is 0 Å². The Morgan fingerprint density at radius 3 is 1.08 bits per heavy atom. The van der Waals surface area contributed by atoms with E-state index >= 15 is 0 Å². The van der Waals surface area contributed by atoms with Gasteiger partial charge in [0.05, 0.1) is 67.1 Å². The molecule has 0 atom stereocenters. The molecule has 10 heteroatoms. The lowest BCUT2D eigenvalue weighted by molar-refractivity contribution is 0.00838. The van der Waals surface area contributed by atoms with Gasteiger partial charge in [0.2, 0.25) is 0 Å². The molecule has 1 fully saturated rings. The Bertz CT molecular complexity index is 340. The van der Waals surface area contributed by atoms with Crippen LogP contribution in [0.2, 0.25) is 0 Å². The molecule has 2 amide bonds. The molecule has 0 aliphatic carbocycles. The Labute approximate surface area is 154 Å². The normalized spacial score (nSPS) is 19.9. The summed E-state index contributed by atoms with van der Waals surface area (Å²) in [6, 6.07) is 0. The van der Waals surface area contributed by atoms with Gasteiger partial charge in [-0.05, 0) is 0 Å². The molecule has 0 unspecified atom stereocenters. The standard InChI is InChI=1S/C16H30N2O8/c1-21-15(19)17-3-7-23-11-13-25-9-5-18(16(20)22-2)6-10-26-14-12-24-8-4-17/h3-14H2,1-2H3. The third kappa shape index (κ3) is 9.76. The van der Waals surface area contributed by atoms with Crippen molar-refractivity contribution in [3.8, 4) is 0 Å². The molecule has 10 nitrogen and oxygen atoms in total. The van der Waals surface area contributed by atoms with E-state index in [1.54, 1.807) is 0 Å². The molecule has 26 heavy (non-hydrogen) atoms. The summed E-state index contributed by atoms with van der Waals surface area (Å²) >= 11 is 0. The second kappa shape index (κ2) is 14.5. The van der Waals surface area contributed by atoms with Gasteiger partial charge in [-0.1, -0.05) is 0 Å². The number of ether oxygens (including phenoxy) is 6. The van der Waals surface area contributed by atoms with E-state index in [9.17, 15) is 9.59 Å². The van der Waals surface area contributed by atoms with E-state index in [4.69, 9.17) is 28.4 Å². The number of hydrogen-bond acceptors (Lipinski definition) is 8. The van der Waals surface area contributed by atoms with Crippen molar-refractivity contribution in [1.82, 2.24) is 9.80 Å². The Balaban J connectivity index is 2.43. The summed E-state index contributed by atoms with van der Waals surface area (Å²) in [5.41, 5.74) is 0. The van der Waals surface area contributed by atoms with Gasteiger partial charge in [-0.3, -0.25) is 0 Å². The number of amides is 2. The first kappa shape index (κ1) is 22.4. The molecule has 0 N–H and O–H groups in total. The Morgan fingerprint density at radius 2 is 0.846 bits per heavy atom. The molecular formula is C16H30N2O8. The molecular weight excluding hydrogens is 348 g/mol. The fourth-order valence-electron chi connectivity index (χ4n) is 2.19. The largest absolute Gasteiger partial charge is 0.453 e. The molecule has 1 saturated heterocycles. The molecule has 0 bridgehead atoms. The van der Waals surface area contributed by atoms with Crippen LogP contribution in [0.5, 0.6) is 0 Å². The smallest absolute Gasteiger partial charge is 0.409 e. The van der Waals surface area contributed by atoms with Crippen LogP contribution in [0.15, 0.2) is 0 Å². The average Bonchev–Trinajstić information content (AvgIpc) is 2.66. The molecule has 152 valence electrons. The van der Waals surface area contributed by atoms with Crippen LogP contribution in [-0.2, 0) is 28.4 Å². The van der Waals surface area contributed by atoms with Crippen LogP contribution in [-0.4, -0.2) is 115 Å². The fourth-order valence-corrected chi connectivity index (χ4v) is 2.19. The topological polar surface area (TPSA) is 96.0 Å². The van der Waals surface area contributed by atoms with Crippen molar-refractivity contribution >= 4 is 12.2 Å². The third-order valence-electron chi connectivity index (χ3n) is 3.63. The zero-order chi connectivity index (χ0) is 19.0. The molecule has 0 saturated carbocycles. The number of nitrogens with zero attached hydrogens (tertiary/aromatic N) is 2. The molecule has 1 rings (SSSR count). The van der Waals surface area contributed by atoms with Crippen molar-refractivity contribution in [1.29, 1.82) is 0 Å². The van der Waals surface area contributed by atoms with Gasteiger partial charge in [-0.25, -0.2) is 9.59 Å². The lowest BCUT2D eigenvalue weighted by Crippen LogP contribution is -2.38. The van der Waals surface area contributed by atoms with Crippen LogP contribution in [0.3, 0.4) is 0 Å². The van der Waals surface area contributed by atoms with E-state index in [0.717, 1.165) is 0 Å². The van der Waals surface area contributed by atoms with E-state index in [-0.39, 0.29) is 0 Å². The minimum Gasteiger partial charge on any atom is -0.453 e. The highest BCUT2D eigenvalue weighted by Crippen LogP contribution is 1.97. The van der Waals surface area contributed by atoms with Gasteiger partial charge in [0.25, 0.3) is 0 Å². The summed E-state index contributed by atoms with van der Waals surface area (Å²) in [7, 11) is 2.68. The summed E-state index contributed by atoms with van der Waals surface area (Å²) < 4.78 is 31.3. The van der Waals surface area contributed by atoms with Gasteiger partial charge in [-0.15, -0.1) is 0 Å². The highest BCUT2D eigenvalue weighted by Gasteiger charge is 2.14. The van der Waals surface area contributed by atoms with Gasteiger partial charge in [0, 0.05) is 26.2 Å². The number of hydrogen-bond donors (Lipinski definition) is 0. The molecule has 0 aromatic rings. The summed E-state index contributed by atoms with van der Waals surface area (Å²) in [5, 5.41) is 0. The first-order valence-corrected chi connectivity index (χ1v) is 8.65. The van der Waals surface area contributed by atoms with Crippen LogP contribution in [0.1, 0.15) is 0 Å². The van der Waals surface area contributed by atoms with Gasteiger partial charge >= 0.3 is 12.2 Å². The van der Waals surface area contributed by atoms with Gasteiger partial charge in [-0.2, -0.15) is 0 Å². The summed E-state index contributed by atoms with van der Waals surface area (Å²) in [6.07, 6.45) is -0.830. The maximum atomic E-state index is 11.7. The monoisotopic (exact) mass is 378 g/mol. The predicted octanol–water partition coefficient (Wildman–Crippen LogP) is 0.203. The van der Waals surface area contributed by atoms with Crippen LogP contribution in [0, 0.1) is 0 Å². The molecule has 0 aromatic carbocycles. The summed E-state index contributed by atoms with van der Waals surface area (Å²) in [6.45, 7) is 4.69. The van der Waals surface area contributed by atoms with E-state index in [0.29, 0.717) is 79.0 Å². The van der Waals surface area contributed by atoms with Gasteiger partial charge in [0.1, 0.15) is 0 Å². The molecule has 1 heterocycles. The number of rotatable bonds is 0. The maximum absolute atomic E-state index is 11.7. The predicted molar refractivity (Wildman–Crippen MR) is 91.2 cm³/mol. The zero-order valence-electron chi connectivity index (χ0n) is 15.6. The first-order chi connectivity index (χ1) is 12.7. The average molecular weight is 378 g/mol. The molecule has 0 aromatic heterocycles. The summed E-state index contributed by atoms with van der Waals surface area (Å²) in [5.74, 6) is 0. The van der Waals surface area contributed by atoms with Crippen molar-refractivity contribution in [3.05, 3.63) is 0 Å². The second-order valence-corrected chi connectivity index (χ2v) is 5.36. The van der Waals surface area contributed by atoms with Crippen molar-refractivity contribution in [3.63, 3.8) is 0 Å². The van der Waals surface area contributed by atoms with Crippen molar-refractivity contribution in [2.24, 2.45) is 0 Å². The zero-order valence-corrected chi connectivity index (χ0v) is 15.6. The van der Waals surface area contributed by atoms with Gasteiger partial charge in [0.15, 0.2) is 0 Å². The Hall–Kier alpha value is -1.62. The van der Waals surface area contributed by atoms with Crippen molar-refractivity contribution < 1.29 is 38.0 Å². The molecule has 1 aliphatic heterocycles. The van der Waals surface area contributed by atoms with Crippen molar-refractivity contribution in [2.75, 3.05) is 93.3 Å². The van der Waals surface area contributed by atoms with Gasteiger partial charge < -0.3 is 38.2 Å². The molecule has 1 aliphatic rings. The quantitative estimate of drug-likeness (QED) is 0.590. The fraction of sp³-hybridized carbons (Fsp3) is 0.875. The summed E-state index contributed by atoms with van der Waals surface area (Å²) in [4.78, 5) is 26.5. The minimum absolute atomic E-state index is 0.371. The SMILES string of the molecule is COC(=O)N1CCOCCOCCN(C(=O)OC)CCOCCOCC1. The van der Waals surface area contributed by atoms with Crippen LogP contribution in [0.4, 0.5) is 9.59 Å².